The second-order valence-electron chi connectivity index (χ2n) is 2.15. The van der Waals surface area contributed by atoms with Crippen molar-refractivity contribution in [3.63, 3.8) is 0 Å². The number of carbonyl (C=O) groups excluding carboxylic acids is 1. The Morgan fingerprint density at radius 2 is 2.15 bits per heavy atom. The summed E-state index contributed by atoms with van der Waals surface area (Å²) >= 11 is 0. The van der Waals surface area contributed by atoms with Crippen molar-refractivity contribution in [2.75, 3.05) is 19.5 Å². The highest BCUT2D eigenvalue weighted by Gasteiger charge is 2.17. The predicted molar refractivity (Wildman–Crippen MR) is 44.5 cm³/mol. The van der Waals surface area contributed by atoms with E-state index in [1.807, 2.05) is 0 Å². The zero-order valence-electron chi connectivity index (χ0n) is 6.84. The van der Waals surface area contributed by atoms with Crippen molar-refractivity contribution >= 4 is 21.6 Å². The van der Waals surface area contributed by atoms with Crippen LogP contribution in [0, 0.1) is 0 Å². The van der Waals surface area contributed by atoms with Gasteiger partial charge in [0.25, 0.3) is 0 Å². The van der Waals surface area contributed by atoms with Crippen LogP contribution in [0.1, 0.15) is 0 Å². The van der Waals surface area contributed by atoms with Gasteiger partial charge in [0.2, 0.25) is 0 Å². The standard InChI is InChI=1S/C4H9NO6P2/c1-12(7)11-4(6)2-5-3-13(8,9)10/h5H,2-3H2,1H3,(H-,8,9,10)/p+1. The van der Waals surface area contributed by atoms with Gasteiger partial charge in [0, 0.05) is 0 Å². The average molecular weight is 230 g/mol. The molecule has 0 bridgehead atoms. The summed E-state index contributed by atoms with van der Waals surface area (Å²) in [7, 11) is -6.17. The predicted octanol–water partition coefficient (Wildman–Crippen LogP) is -0.373. The smallest absolute Gasteiger partial charge is 0.324 e. The molecule has 0 heterocycles. The lowest BCUT2D eigenvalue weighted by Crippen LogP contribution is -2.24. The molecule has 1 atom stereocenters. The Labute approximate surface area is 75.5 Å². The van der Waals surface area contributed by atoms with E-state index in [0.717, 1.165) is 0 Å². The molecule has 13 heavy (non-hydrogen) atoms. The van der Waals surface area contributed by atoms with E-state index in [-0.39, 0.29) is 6.54 Å². The fraction of sp³-hybridized carbons (Fsp3) is 0.750. The highest BCUT2D eigenvalue weighted by Crippen LogP contribution is 2.31. The summed E-state index contributed by atoms with van der Waals surface area (Å²) in [5.74, 6) is -0.808. The van der Waals surface area contributed by atoms with E-state index in [4.69, 9.17) is 9.79 Å². The van der Waals surface area contributed by atoms with Crippen LogP contribution in [-0.4, -0.2) is 35.3 Å². The maximum Gasteiger partial charge on any atom is 0.555 e. The third-order valence-corrected chi connectivity index (χ3v) is 1.91. The third-order valence-electron chi connectivity index (χ3n) is 0.817. The van der Waals surface area contributed by atoms with Crippen LogP contribution in [0.3, 0.4) is 0 Å². The molecular weight excluding hydrogens is 220 g/mol. The summed E-state index contributed by atoms with van der Waals surface area (Å²) in [5, 5.41) is 2.16. The Morgan fingerprint density at radius 1 is 1.62 bits per heavy atom. The minimum Gasteiger partial charge on any atom is -0.324 e. The highest BCUT2D eigenvalue weighted by atomic mass is 31.2. The molecule has 0 aromatic rings. The molecule has 7 nitrogen and oxygen atoms in total. The Hall–Kier alpha value is -0.320. The SMILES string of the molecule is C[P+](=O)OC(=O)CNCP(=O)(O)O. The van der Waals surface area contributed by atoms with Gasteiger partial charge in [-0.05, 0) is 4.57 Å². The van der Waals surface area contributed by atoms with E-state index < -0.39 is 27.9 Å². The molecule has 0 rings (SSSR count). The highest BCUT2D eigenvalue weighted by molar-refractivity contribution is 7.51. The van der Waals surface area contributed by atoms with Gasteiger partial charge in [0.05, 0.1) is 6.29 Å². The monoisotopic (exact) mass is 230 g/mol. The van der Waals surface area contributed by atoms with E-state index in [2.05, 4.69) is 9.84 Å². The Kier molecular flexibility index (Phi) is 5.29. The third kappa shape index (κ3) is 9.60. The van der Waals surface area contributed by atoms with E-state index >= 15 is 0 Å². The lowest BCUT2D eigenvalue weighted by atomic mass is 10.7. The summed E-state index contributed by atoms with van der Waals surface area (Å²) in [6.45, 7) is 0.830. The van der Waals surface area contributed by atoms with E-state index in [9.17, 15) is 13.9 Å². The van der Waals surface area contributed by atoms with Crippen molar-refractivity contribution in [1.82, 2.24) is 5.32 Å². The summed E-state index contributed by atoms with van der Waals surface area (Å²) in [6.07, 6.45) is -0.609. The van der Waals surface area contributed by atoms with Crippen molar-refractivity contribution < 1.29 is 28.2 Å². The molecule has 0 fully saturated rings. The number of hydrogen-bond donors (Lipinski definition) is 3. The molecule has 0 amide bonds. The molecule has 0 radical (unpaired) electrons. The van der Waals surface area contributed by atoms with Crippen molar-refractivity contribution in [3.05, 3.63) is 0 Å². The van der Waals surface area contributed by atoms with E-state index in [1.165, 1.54) is 6.66 Å². The lowest BCUT2D eigenvalue weighted by molar-refractivity contribution is -0.132. The van der Waals surface area contributed by atoms with E-state index in [0.29, 0.717) is 0 Å². The summed E-state index contributed by atoms with van der Waals surface area (Å²) in [4.78, 5) is 27.3. The Bertz CT molecular complexity index is 247. The first kappa shape index (κ1) is 12.7. The van der Waals surface area contributed by atoms with Crippen LogP contribution in [-0.2, 0) is 18.4 Å². The molecule has 0 aliphatic carbocycles. The summed E-state index contributed by atoms with van der Waals surface area (Å²) in [6, 6.07) is 0. The summed E-state index contributed by atoms with van der Waals surface area (Å²) < 4.78 is 24.8. The number of hydrogen-bond acceptors (Lipinski definition) is 5. The maximum absolute atomic E-state index is 10.6. The largest absolute Gasteiger partial charge is 0.555 e. The van der Waals surface area contributed by atoms with Gasteiger partial charge in [0.1, 0.15) is 6.54 Å². The van der Waals surface area contributed by atoms with Gasteiger partial charge in [-0.1, -0.05) is 0 Å². The molecule has 0 aromatic heterocycles. The van der Waals surface area contributed by atoms with Crippen LogP contribution in [0.2, 0.25) is 0 Å². The molecular formula is C4H10NO6P2+. The van der Waals surface area contributed by atoms with Gasteiger partial charge in [-0.2, -0.15) is 0 Å². The summed E-state index contributed by atoms with van der Waals surface area (Å²) in [5.41, 5.74) is 0. The van der Waals surface area contributed by atoms with Crippen LogP contribution in [0.15, 0.2) is 0 Å². The van der Waals surface area contributed by atoms with Gasteiger partial charge in [-0.15, -0.1) is 0 Å². The average Bonchev–Trinajstić information content (AvgIpc) is 1.81. The first-order valence-corrected chi connectivity index (χ1v) is 6.60. The molecule has 1 unspecified atom stereocenters. The minimum atomic E-state index is -4.15. The molecule has 3 N–H and O–H groups in total. The van der Waals surface area contributed by atoms with Gasteiger partial charge >= 0.3 is 21.6 Å². The van der Waals surface area contributed by atoms with Crippen LogP contribution >= 0.6 is 15.6 Å². The van der Waals surface area contributed by atoms with Crippen LogP contribution in [0.25, 0.3) is 0 Å². The van der Waals surface area contributed by atoms with Crippen molar-refractivity contribution in [3.8, 4) is 0 Å². The normalized spacial score (nSPS) is 12.4. The van der Waals surface area contributed by atoms with Crippen molar-refractivity contribution in [2.45, 2.75) is 0 Å². The minimum absolute atomic E-state index is 0.375. The van der Waals surface area contributed by atoms with Gasteiger partial charge in [-0.25, -0.2) is 9.32 Å². The van der Waals surface area contributed by atoms with Crippen LogP contribution < -0.4 is 5.32 Å². The van der Waals surface area contributed by atoms with Crippen LogP contribution in [0.4, 0.5) is 0 Å². The second kappa shape index (κ2) is 5.42. The Balaban J connectivity index is 3.60. The first-order chi connectivity index (χ1) is 5.81. The number of carbonyl (C=O) groups is 1. The van der Waals surface area contributed by atoms with E-state index in [1.54, 1.807) is 0 Å². The number of nitrogens with one attached hydrogen (secondary N) is 1. The van der Waals surface area contributed by atoms with Crippen molar-refractivity contribution in [2.24, 2.45) is 0 Å². The zero-order valence-corrected chi connectivity index (χ0v) is 8.62. The topological polar surface area (TPSA) is 113 Å². The molecule has 0 aliphatic rings. The van der Waals surface area contributed by atoms with Crippen molar-refractivity contribution in [1.29, 1.82) is 0 Å². The Morgan fingerprint density at radius 3 is 2.54 bits per heavy atom. The fourth-order valence-corrected chi connectivity index (χ4v) is 1.23. The maximum atomic E-state index is 10.6. The zero-order chi connectivity index (χ0) is 10.5. The second-order valence-corrected chi connectivity index (χ2v) is 4.86. The van der Waals surface area contributed by atoms with Crippen LogP contribution in [0.5, 0.6) is 0 Å². The van der Waals surface area contributed by atoms with Gasteiger partial charge < -0.3 is 9.79 Å². The molecule has 0 aromatic carbocycles. The number of rotatable bonds is 5. The lowest BCUT2D eigenvalue weighted by Gasteiger charge is -2.02. The molecule has 0 spiro atoms. The quantitative estimate of drug-likeness (QED) is 0.552. The molecule has 0 saturated heterocycles. The molecule has 9 heteroatoms. The van der Waals surface area contributed by atoms with Gasteiger partial charge in [0.15, 0.2) is 6.66 Å². The van der Waals surface area contributed by atoms with Gasteiger partial charge in [-0.3, -0.25) is 9.88 Å². The molecule has 0 aliphatic heterocycles. The fourth-order valence-electron chi connectivity index (χ4n) is 0.479. The molecule has 0 saturated carbocycles. The molecule has 76 valence electrons. The first-order valence-electron chi connectivity index (χ1n) is 3.18.